The van der Waals surface area contributed by atoms with Crippen molar-refractivity contribution in [2.45, 2.75) is 19.8 Å². The number of hydrogen-bond acceptors (Lipinski definition) is 5. The van der Waals surface area contributed by atoms with Crippen LogP contribution < -0.4 is 10.6 Å². The van der Waals surface area contributed by atoms with Crippen LogP contribution in [0, 0.1) is 12.8 Å². The largest absolute Gasteiger partial charge is 0.356 e. The lowest BCUT2D eigenvalue weighted by atomic mass is 9.97. The molecule has 18 heavy (non-hydrogen) atoms. The fourth-order valence-electron chi connectivity index (χ4n) is 2.53. The van der Waals surface area contributed by atoms with E-state index in [9.17, 15) is 0 Å². The maximum Gasteiger partial charge on any atom is 0.254 e. The first kappa shape index (κ1) is 11.4. The van der Waals surface area contributed by atoms with Gasteiger partial charge in [0.1, 0.15) is 12.1 Å². The van der Waals surface area contributed by atoms with E-state index in [0.29, 0.717) is 11.7 Å². The number of nitrogens with zero attached hydrogens (tertiary/aromatic N) is 5. The van der Waals surface area contributed by atoms with E-state index in [4.69, 9.17) is 5.73 Å². The molecule has 6 heteroatoms. The molecule has 2 aromatic heterocycles. The second-order valence-electron chi connectivity index (χ2n) is 4.89. The van der Waals surface area contributed by atoms with E-state index in [-0.39, 0.29) is 0 Å². The van der Waals surface area contributed by atoms with Gasteiger partial charge in [-0.15, -0.1) is 0 Å². The standard InChI is InChI=1S/C12H18N6/c1-9-6-11(18-12(16-9)14-8-15-18)17-4-2-10(7-13)3-5-17/h6,8,10H,2-5,7,13H2,1H3. The van der Waals surface area contributed by atoms with Crippen LogP contribution in [0.3, 0.4) is 0 Å². The summed E-state index contributed by atoms with van der Waals surface area (Å²) in [6.45, 7) is 4.84. The Morgan fingerprint density at radius 2 is 2.17 bits per heavy atom. The van der Waals surface area contributed by atoms with Gasteiger partial charge in [-0.2, -0.15) is 14.6 Å². The van der Waals surface area contributed by atoms with Crippen LogP contribution in [-0.4, -0.2) is 39.2 Å². The average Bonchev–Trinajstić information content (AvgIpc) is 2.86. The van der Waals surface area contributed by atoms with Gasteiger partial charge in [-0.05, 0) is 32.2 Å². The summed E-state index contributed by atoms with van der Waals surface area (Å²) in [5, 5.41) is 4.25. The Morgan fingerprint density at radius 3 is 2.89 bits per heavy atom. The number of nitrogens with two attached hydrogens (primary N) is 1. The maximum atomic E-state index is 5.73. The molecule has 2 N–H and O–H groups in total. The van der Waals surface area contributed by atoms with Crippen molar-refractivity contribution in [3.05, 3.63) is 18.1 Å². The first-order chi connectivity index (χ1) is 8.78. The Balaban J connectivity index is 1.92. The second-order valence-corrected chi connectivity index (χ2v) is 4.89. The minimum absolute atomic E-state index is 0.662. The van der Waals surface area contributed by atoms with E-state index < -0.39 is 0 Å². The lowest BCUT2D eigenvalue weighted by Crippen LogP contribution is -2.37. The van der Waals surface area contributed by atoms with E-state index in [1.165, 1.54) is 0 Å². The van der Waals surface area contributed by atoms with Gasteiger partial charge in [0.05, 0.1) is 0 Å². The normalized spacial score (nSPS) is 17.6. The van der Waals surface area contributed by atoms with Crippen LogP contribution in [0.5, 0.6) is 0 Å². The Hall–Kier alpha value is -1.69. The molecule has 1 aliphatic heterocycles. The maximum absolute atomic E-state index is 5.73. The summed E-state index contributed by atoms with van der Waals surface area (Å²) in [5.74, 6) is 2.42. The Bertz CT molecular complexity index is 540. The molecular weight excluding hydrogens is 228 g/mol. The molecule has 0 radical (unpaired) electrons. The van der Waals surface area contributed by atoms with Crippen molar-refractivity contribution in [3.63, 3.8) is 0 Å². The highest BCUT2D eigenvalue weighted by Crippen LogP contribution is 2.23. The molecule has 0 aromatic carbocycles. The Morgan fingerprint density at radius 1 is 1.39 bits per heavy atom. The average molecular weight is 246 g/mol. The number of rotatable bonds is 2. The predicted molar refractivity (Wildman–Crippen MR) is 69.5 cm³/mol. The van der Waals surface area contributed by atoms with E-state index in [1.54, 1.807) is 6.33 Å². The summed E-state index contributed by atoms with van der Waals surface area (Å²) in [4.78, 5) is 10.9. The zero-order valence-corrected chi connectivity index (χ0v) is 10.6. The molecule has 96 valence electrons. The minimum atomic E-state index is 0.662. The molecular formula is C12H18N6. The molecule has 1 aliphatic rings. The molecule has 0 bridgehead atoms. The van der Waals surface area contributed by atoms with Crippen LogP contribution in [0.1, 0.15) is 18.5 Å². The molecule has 3 heterocycles. The van der Waals surface area contributed by atoms with Gasteiger partial charge >= 0.3 is 0 Å². The third-order valence-electron chi connectivity index (χ3n) is 3.63. The predicted octanol–water partition coefficient (Wildman–Crippen LogP) is 0.608. The van der Waals surface area contributed by atoms with Gasteiger partial charge in [0.25, 0.3) is 5.78 Å². The van der Waals surface area contributed by atoms with E-state index >= 15 is 0 Å². The van der Waals surface area contributed by atoms with Gasteiger partial charge in [0.15, 0.2) is 0 Å². The first-order valence-corrected chi connectivity index (χ1v) is 6.40. The van der Waals surface area contributed by atoms with Crippen molar-refractivity contribution in [2.75, 3.05) is 24.5 Å². The summed E-state index contributed by atoms with van der Waals surface area (Å²) < 4.78 is 1.82. The van der Waals surface area contributed by atoms with Gasteiger partial charge in [-0.25, -0.2) is 4.98 Å². The van der Waals surface area contributed by atoms with Crippen molar-refractivity contribution in [1.29, 1.82) is 0 Å². The van der Waals surface area contributed by atoms with Crippen LogP contribution in [0.2, 0.25) is 0 Å². The SMILES string of the molecule is Cc1cc(N2CCC(CN)CC2)n2ncnc2n1. The third kappa shape index (κ3) is 1.92. The number of hydrogen-bond donors (Lipinski definition) is 1. The van der Waals surface area contributed by atoms with Crippen molar-refractivity contribution >= 4 is 11.6 Å². The summed E-state index contributed by atoms with van der Waals surface area (Å²) in [6, 6.07) is 2.07. The summed E-state index contributed by atoms with van der Waals surface area (Å²) in [5.41, 5.74) is 6.71. The fraction of sp³-hybridized carbons (Fsp3) is 0.583. The van der Waals surface area contributed by atoms with Crippen LogP contribution in [0.15, 0.2) is 12.4 Å². The molecule has 3 rings (SSSR count). The quantitative estimate of drug-likeness (QED) is 0.840. The molecule has 0 saturated carbocycles. The zero-order valence-electron chi connectivity index (χ0n) is 10.6. The highest BCUT2D eigenvalue weighted by atomic mass is 15.4. The van der Waals surface area contributed by atoms with Gasteiger partial charge in [-0.1, -0.05) is 0 Å². The molecule has 0 aliphatic carbocycles. The molecule has 1 fully saturated rings. The Kier molecular flexibility index (Phi) is 2.87. The smallest absolute Gasteiger partial charge is 0.254 e. The van der Waals surface area contributed by atoms with Crippen molar-refractivity contribution in [3.8, 4) is 0 Å². The van der Waals surface area contributed by atoms with Gasteiger partial charge in [0.2, 0.25) is 0 Å². The first-order valence-electron chi connectivity index (χ1n) is 6.40. The van der Waals surface area contributed by atoms with E-state index in [1.807, 2.05) is 11.4 Å². The lowest BCUT2D eigenvalue weighted by molar-refractivity contribution is 0.411. The highest BCUT2D eigenvalue weighted by Gasteiger charge is 2.20. The molecule has 2 aromatic rings. The summed E-state index contributed by atoms with van der Waals surface area (Å²) in [6.07, 6.45) is 3.85. The van der Waals surface area contributed by atoms with Crippen molar-refractivity contribution < 1.29 is 0 Å². The number of aromatic nitrogens is 4. The van der Waals surface area contributed by atoms with E-state index in [0.717, 1.165) is 44.0 Å². The number of piperidine rings is 1. The third-order valence-corrected chi connectivity index (χ3v) is 3.63. The second kappa shape index (κ2) is 4.53. The zero-order chi connectivity index (χ0) is 12.5. The van der Waals surface area contributed by atoms with Crippen LogP contribution in [0.4, 0.5) is 5.82 Å². The number of fused-ring (bicyclic) bond motifs is 1. The van der Waals surface area contributed by atoms with Crippen LogP contribution in [-0.2, 0) is 0 Å². The topological polar surface area (TPSA) is 72.3 Å². The molecule has 0 unspecified atom stereocenters. The molecule has 6 nitrogen and oxygen atoms in total. The van der Waals surface area contributed by atoms with E-state index in [2.05, 4.69) is 26.0 Å². The highest BCUT2D eigenvalue weighted by molar-refractivity contribution is 5.47. The van der Waals surface area contributed by atoms with Crippen LogP contribution in [0.25, 0.3) is 5.78 Å². The molecule has 0 spiro atoms. The van der Waals surface area contributed by atoms with Crippen LogP contribution >= 0.6 is 0 Å². The molecule has 1 saturated heterocycles. The lowest BCUT2D eigenvalue weighted by Gasteiger charge is -2.32. The fourth-order valence-corrected chi connectivity index (χ4v) is 2.53. The molecule has 0 amide bonds. The van der Waals surface area contributed by atoms with Crippen molar-refractivity contribution in [1.82, 2.24) is 19.6 Å². The summed E-state index contributed by atoms with van der Waals surface area (Å²) >= 11 is 0. The minimum Gasteiger partial charge on any atom is -0.356 e. The van der Waals surface area contributed by atoms with Gasteiger partial charge in [0, 0.05) is 24.8 Å². The number of aryl methyl sites for hydroxylation is 1. The van der Waals surface area contributed by atoms with Gasteiger partial charge < -0.3 is 10.6 Å². The monoisotopic (exact) mass is 246 g/mol. The van der Waals surface area contributed by atoms with Crippen molar-refractivity contribution in [2.24, 2.45) is 11.7 Å². The number of anilines is 1. The molecule has 0 atom stereocenters. The summed E-state index contributed by atoms with van der Waals surface area (Å²) in [7, 11) is 0. The van der Waals surface area contributed by atoms with Gasteiger partial charge in [-0.3, -0.25) is 0 Å². The Labute approximate surface area is 106 Å².